The molecule has 0 aromatic heterocycles. The number of hydrogen-bond acceptors (Lipinski definition) is 3. The maximum absolute atomic E-state index is 5.11. The fourth-order valence-corrected chi connectivity index (χ4v) is 1.02. The molecular weight excluding hydrogens is 283 g/mol. The third-order valence-corrected chi connectivity index (χ3v) is 1.59. The highest BCUT2D eigenvalue weighted by molar-refractivity contribution is 14.0. The van der Waals surface area contributed by atoms with E-state index < -0.39 is 0 Å². The van der Waals surface area contributed by atoms with Crippen molar-refractivity contribution in [2.24, 2.45) is 0 Å². The van der Waals surface area contributed by atoms with Crippen molar-refractivity contribution in [3.05, 3.63) is 18.2 Å². The van der Waals surface area contributed by atoms with Gasteiger partial charge in [-0.15, -0.1) is 24.0 Å². The first-order chi connectivity index (χ1) is 5.83. The van der Waals surface area contributed by atoms with Crippen LogP contribution in [0.25, 0.3) is 0 Å². The number of rotatable bonds is 3. The first-order valence-electron chi connectivity index (χ1n) is 3.58. The van der Waals surface area contributed by atoms with E-state index >= 15 is 0 Å². The number of ether oxygens (including phenoxy) is 3. The van der Waals surface area contributed by atoms with Crippen molar-refractivity contribution in [2.75, 3.05) is 21.3 Å². The van der Waals surface area contributed by atoms with Gasteiger partial charge in [-0.05, 0) is 12.1 Å². The second-order valence-electron chi connectivity index (χ2n) is 2.20. The Kier molecular flexibility index (Phi) is 5.61. The van der Waals surface area contributed by atoms with E-state index in [1.165, 1.54) is 0 Å². The highest BCUT2D eigenvalue weighted by Crippen LogP contribution is 2.35. The van der Waals surface area contributed by atoms with E-state index in [-0.39, 0.29) is 24.0 Å². The molecule has 0 N–H and O–H groups in total. The number of hydrogen-bond donors (Lipinski definition) is 0. The molecule has 74 valence electrons. The number of para-hydroxylation sites is 1. The molecule has 0 aliphatic rings. The molecule has 0 aliphatic heterocycles. The third-order valence-electron chi connectivity index (χ3n) is 1.59. The van der Waals surface area contributed by atoms with E-state index in [0.717, 1.165) is 0 Å². The smallest absolute Gasteiger partial charge is 0.203 e. The Morgan fingerprint density at radius 2 is 1.31 bits per heavy atom. The van der Waals surface area contributed by atoms with Crippen LogP contribution >= 0.6 is 24.0 Å². The number of methoxy groups -OCH3 is 3. The molecular formula is C9H13IO3. The summed E-state index contributed by atoms with van der Waals surface area (Å²) < 4.78 is 15.3. The molecule has 1 aromatic carbocycles. The predicted octanol–water partition coefficient (Wildman–Crippen LogP) is 2.33. The van der Waals surface area contributed by atoms with Gasteiger partial charge in [0, 0.05) is 0 Å². The van der Waals surface area contributed by atoms with Gasteiger partial charge in [0.2, 0.25) is 5.75 Å². The molecule has 0 unspecified atom stereocenters. The molecule has 0 saturated carbocycles. The summed E-state index contributed by atoms with van der Waals surface area (Å²) in [7, 11) is 4.77. The van der Waals surface area contributed by atoms with Gasteiger partial charge in [-0.1, -0.05) is 6.07 Å². The third kappa shape index (κ3) is 2.65. The molecule has 0 atom stereocenters. The zero-order valence-corrected chi connectivity index (χ0v) is 10.2. The normalized spacial score (nSPS) is 8.54. The van der Waals surface area contributed by atoms with E-state index in [1.807, 2.05) is 18.2 Å². The quantitative estimate of drug-likeness (QED) is 0.801. The Morgan fingerprint density at radius 3 is 1.62 bits per heavy atom. The van der Waals surface area contributed by atoms with Crippen LogP contribution in [0.1, 0.15) is 0 Å². The van der Waals surface area contributed by atoms with Gasteiger partial charge in [-0.3, -0.25) is 0 Å². The van der Waals surface area contributed by atoms with Crippen LogP contribution in [0.5, 0.6) is 17.2 Å². The van der Waals surface area contributed by atoms with Gasteiger partial charge in [0.15, 0.2) is 11.5 Å². The summed E-state index contributed by atoms with van der Waals surface area (Å²) in [6, 6.07) is 5.49. The Labute approximate surface area is 95.0 Å². The summed E-state index contributed by atoms with van der Waals surface area (Å²) >= 11 is 0. The summed E-state index contributed by atoms with van der Waals surface area (Å²) in [5.41, 5.74) is 0. The van der Waals surface area contributed by atoms with Crippen molar-refractivity contribution < 1.29 is 14.2 Å². The van der Waals surface area contributed by atoms with Gasteiger partial charge in [0.25, 0.3) is 0 Å². The first kappa shape index (κ1) is 12.3. The largest absolute Gasteiger partial charge is 0.493 e. The molecule has 3 nitrogen and oxygen atoms in total. The van der Waals surface area contributed by atoms with Gasteiger partial charge < -0.3 is 14.2 Å². The van der Waals surface area contributed by atoms with Crippen LogP contribution in [0.2, 0.25) is 0 Å². The van der Waals surface area contributed by atoms with Gasteiger partial charge in [-0.25, -0.2) is 0 Å². The lowest BCUT2D eigenvalue weighted by atomic mass is 10.3. The highest BCUT2D eigenvalue weighted by atomic mass is 127. The molecule has 0 saturated heterocycles. The average Bonchev–Trinajstić information content (AvgIpc) is 2.16. The van der Waals surface area contributed by atoms with Gasteiger partial charge >= 0.3 is 0 Å². The van der Waals surface area contributed by atoms with Crippen molar-refractivity contribution >= 4 is 24.0 Å². The predicted molar refractivity (Wildman–Crippen MR) is 61.5 cm³/mol. The minimum atomic E-state index is 0. The number of benzene rings is 1. The molecule has 0 heterocycles. The molecule has 0 radical (unpaired) electrons. The van der Waals surface area contributed by atoms with Crippen LogP contribution in [0, 0.1) is 0 Å². The second kappa shape index (κ2) is 5.90. The van der Waals surface area contributed by atoms with E-state index in [1.54, 1.807) is 21.3 Å². The maximum atomic E-state index is 5.11. The zero-order chi connectivity index (χ0) is 8.97. The number of halogens is 1. The molecule has 0 bridgehead atoms. The second-order valence-corrected chi connectivity index (χ2v) is 2.20. The van der Waals surface area contributed by atoms with Crippen molar-refractivity contribution in [1.29, 1.82) is 0 Å². The van der Waals surface area contributed by atoms with Crippen molar-refractivity contribution in [1.82, 2.24) is 0 Å². The Hall–Kier alpha value is -0.650. The maximum Gasteiger partial charge on any atom is 0.203 e. The molecule has 13 heavy (non-hydrogen) atoms. The topological polar surface area (TPSA) is 27.7 Å². The van der Waals surface area contributed by atoms with Crippen LogP contribution in [0.4, 0.5) is 0 Å². The lowest BCUT2D eigenvalue weighted by Crippen LogP contribution is -1.93. The summed E-state index contributed by atoms with van der Waals surface area (Å²) in [4.78, 5) is 0. The Bertz CT molecular complexity index is 241. The lowest BCUT2D eigenvalue weighted by molar-refractivity contribution is 0.324. The Balaban J connectivity index is 0.00000144. The van der Waals surface area contributed by atoms with Crippen molar-refractivity contribution in [2.45, 2.75) is 0 Å². The summed E-state index contributed by atoms with van der Waals surface area (Å²) in [5, 5.41) is 0. The fourth-order valence-electron chi connectivity index (χ4n) is 1.02. The van der Waals surface area contributed by atoms with Gasteiger partial charge in [0.05, 0.1) is 21.3 Å². The minimum absolute atomic E-state index is 0. The van der Waals surface area contributed by atoms with Crippen molar-refractivity contribution in [3.63, 3.8) is 0 Å². The van der Waals surface area contributed by atoms with E-state index in [2.05, 4.69) is 0 Å². The zero-order valence-electron chi connectivity index (χ0n) is 7.87. The van der Waals surface area contributed by atoms with Gasteiger partial charge in [0.1, 0.15) is 0 Å². The molecule has 0 fully saturated rings. The SMILES string of the molecule is COc1cccc(OC)c1OC.I. The first-order valence-corrected chi connectivity index (χ1v) is 3.58. The van der Waals surface area contributed by atoms with E-state index in [0.29, 0.717) is 17.2 Å². The average molecular weight is 296 g/mol. The lowest BCUT2D eigenvalue weighted by Gasteiger charge is -2.10. The Morgan fingerprint density at radius 1 is 0.846 bits per heavy atom. The van der Waals surface area contributed by atoms with Crippen LogP contribution in [0.3, 0.4) is 0 Å². The summed E-state index contributed by atoms with van der Waals surface area (Å²) in [5.74, 6) is 1.98. The molecule has 0 aliphatic carbocycles. The monoisotopic (exact) mass is 296 g/mol. The van der Waals surface area contributed by atoms with E-state index in [9.17, 15) is 0 Å². The highest BCUT2D eigenvalue weighted by Gasteiger charge is 2.08. The molecule has 1 rings (SSSR count). The van der Waals surface area contributed by atoms with Crippen molar-refractivity contribution in [3.8, 4) is 17.2 Å². The molecule has 0 amide bonds. The minimum Gasteiger partial charge on any atom is -0.493 e. The molecule has 1 aromatic rings. The van der Waals surface area contributed by atoms with Crippen LogP contribution in [0.15, 0.2) is 18.2 Å². The van der Waals surface area contributed by atoms with Crippen LogP contribution < -0.4 is 14.2 Å². The fraction of sp³-hybridized carbons (Fsp3) is 0.333. The standard InChI is InChI=1S/C9H12O3.HI/c1-10-7-5-4-6-8(11-2)9(7)12-3;/h4-6H,1-3H3;1H. The molecule has 0 spiro atoms. The van der Waals surface area contributed by atoms with Crippen LogP contribution in [-0.4, -0.2) is 21.3 Å². The van der Waals surface area contributed by atoms with E-state index in [4.69, 9.17) is 14.2 Å². The summed E-state index contributed by atoms with van der Waals surface area (Å²) in [6.07, 6.45) is 0. The van der Waals surface area contributed by atoms with Crippen LogP contribution in [-0.2, 0) is 0 Å². The summed E-state index contributed by atoms with van der Waals surface area (Å²) in [6.45, 7) is 0. The van der Waals surface area contributed by atoms with Gasteiger partial charge in [-0.2, -0.15) is 0 Å². The molecule has 4 heteroatoms.